The number of ether oxygens (including phenoxy) is 1. The number of hydrogen-bond acceptors (Lipinski definition) is 8. The number of amides is 3. The first-order valence-electron chi connectivity index (χ1n) is 17.8. The Morgan fingerprint density at radius 3 is 2.50 bits per heavy atom. The summed E-state index contributed by atoms with van der Waals surface area (Å²) in [6.45, 7) is 5.19. The topological polar surface area (TPSA) is 146 Å². The molecule has 0 aromatic heterocycles. The van der Waals surface area contributed by atoms with Gasteiger partial charge in [0.25, 0.3) is 11.6 Å². The molecular formula is C38H42FN5O7Si. The fourth-order valence-corrected chi connectivity index (χ4v) is 11.2. The number of benzene rings is 3. The van der Waals surface area contributed by atoms with E-state index in [1.54, 1.807) is 36.1 Å². The van der Waals surface area contributed by atoms with Gasteiger partial charge in [-0.3, -0.25) is 24.5 Å². The second-order valence-corrected chi connectivity index (χ2v) is 18.5. The zero-order chi connectivity index (χ0) is 36.9. The number of hydrazone groups is 1. The molecule has 272 valence electrons. The third-order valence-electron chi connectivity index (χ3n) is 11.1. The van der Waals surface area contributed by atoms with E-state index in [-0.39, 0.29) is 48.7 Å². The van der Waals surface area contributed by atoms with E-state index < -0.39 is 42.4 Å². The van der Waals surface area contributed by atoms with E-state index >= 15 is 4.11 Å². The molecule has 0 aliphatic carbocycles. The van der Waals surface area contributed by atoms with Crippen LogP contribution in [0.15, 0.2) is 77.9 Å². The lowest BCUT2D eigenvalue weighted by Crippen LogP contribution is -2.45. The van der Waals surface area contributed by atoms with Crippen molar-refractivity contribution < 1.29 is 33.3 Å². The summed E-state index contributed by atoms with van der Waals surface area (Å²) in [6, 6.07) is 20.7. The molecule has 1 spiro atoms. The Hall–Kier alpha value is -4.79. The van der Waals surface area contributed by atoms with Gasteiger partial charge in [-0.25, -0.2) is 5.01 Å². The minimum Gasteiger partial charge on any atom is -0.394 e. The van der Waals surface area contributed by atoms with Crippen molar-refractivity contribution in [1.29, 1.82) is 0 Å². The number of rotatable bonds is 9. The number of nitro groups is 1. The van der Waals surface area contributed by atoms with E-state index in [1.807, 2.05) is 30.3 Å². The molecule has 7 rings (SSSR count). The van der Waals surface area contributed by atoms with Gasteiger partial charge < -0.3 is 23.8 Å². The van der Waals surface area contributed by atoms with E-state index in [9.17, 15) is 29.6 Å². The molecule has 0 bridgehead atoms. The van der Waals surface area contributed by atoms with Crippen LogP contribution in [0.25, 0.3) is 0 Å². The lowest BCUT2D eigenvalue weighted by molar-refractivity contribution is -0.385. The van der Waals surface area contributed by atoms with Gasteiger partial charge in [-0.05, 0) is 55.3 Å². The Kier molecular flexibility index (Phi) is 9.34. The third-order valence-corrected chi connectivity index (χ3v) is 13.6. The molecule has 1 N–H and O–H groups in total. The molecule has 3 amide bonds. The van der Waals surface area contributed by atoms with Crippen LogP contribution in [0, 0.1) is 16.0 Å². The maximum absolute atomic E-state index is 16.3. The number of nitro benzene ring substituents is 1. The first-order valence-corrected chi connectivity index (χ1v) is 20.7. The molecule has 4 heterocycles. The van der Waals surface area contributed by atoms with Crippen molar-refractivity contribution in [3.8, 4) is 0 Å². The van der Waals surface area contributed by atoms with Crippen molar-refractivity contribution in [2.24, 2.45) is 11.0 Å². The van der Waals surface area contributed by atoms with Crippen LogP contribution in [0.5, 0.6) is 0 Å². The molecule has 5 atom stereocenters. The van der Waals surface area contributed by atoms with Gasteiger partial charge in [-0.15, -0.1) is 0 Å². The van der Waals surface area contributed by atoms with Gasteiger partial charge in [0.15, 0.2) is 5.60 Å². The molecule has 12 nitrogen and oxygen atoms in total. The maximum Gasteiger partial charge on any atom is 0.269 e. The second kappa shape index (κ2) is 13.6. The molecule has 0 radical (unpaired) electrons. The highest BCUT2D eigenvalue weighted by atomic mass is 28.4. The molecule has 2 saturated heterocycles. The van der Waals surface area contributed by atoms with Crippen LogP contribution in [0.1, 0.15) is 55.7 Å². The summed E-state index contributed by atoms with van der Waals surface area (Å²) >= 11 is 0. The van der Waals surface area contributed by atoms with Gasteiger partial charge in [0.05, 0.1) is 53.7 Å². The first-order chi connectivity index (χ1) is 24.8. The number of halogens is 1. The molecular weight excluding hydrogens is 686 g/mol. The Morgan fingerprint density at radius 1 is 1.10 bits per heavy atom. The van der Waals surface area contributed by atoms with Gasteiger partial charge >= 0.3 is 0 Å². The van der Waals surface area contributed by atoms with Crippen LogP contribution >= 0.6 is 0 Å². The van der Waals surface area contributed by atoms with Crippen molar-refractivity contribution in [2.75, 3.05) is 23.1 Å². The highest BCUT2D eigenvalue weighted by Crippen LogP contribution is 2.60. The number of aliphatic hydroxyl groups excluding tert-OH is 1. The maximum atomic E-state index is 16.3. The van der Waals surface area contributed by atoms with Crippen LogP contribution in [0.2, 0.25) is 18.6 Å². The number of fused-ring (bicyclic) bond motifs is 2. The van der Waals surface area contributed by atoms with Gasteiger partial charge in [0, 0.05) is 48.5 Å². The zero-order valence-electron chi connectivity index (χ0n) is 29.4. The Morgan fingerprint density at radius 2 is 1.83 bits per heavy atom. The highest BCUT2D eigenvalue weighted by Gasteiger charge is 2.67. The Labute approximate surface area is 302 Å². The molecule has 4 aliphatic rings. The average molecular weight is 728 g/mol. The molecule has 2 fully saturated rings. The monoisotopic (exact) mass is 727 g/mol. The third kappa shape index (κ3) is 6.11. The summed E-state index contributed by atoms with van der Waals surface area (Å²) < 4.78 is 23.0. The van der Waals surface area contributed by atoms with Crippen LogP contribution in [0.4, 0.5) is 21.2 Å². The average Bonchev–Trinajstić information content (AvgIpc) is 3.79. The number of anilines is 2. The number of aliphatic hydroxyl groups is 1. The van der Waals surface area contributed by atoms with Gasteiger partial charge in [0.2, 0.25) is 20.2 Å². The van der Waals surface area contributed by atoms with Crippen LogP contribution in [-0.4, -0.2) is 72.1 Å². The van der Waals surface area contributed by atoms with Crippen molar-refractivity contribution in [2.45, 2.75) is 82.0 Å². The van der Waals surface area contributed by atoms with Gasteiger partial charge in [-0.1, -0.05) is 49.4 Å². The molecule has 3 aromatic carbocycles. The van der Waals surface area contributed by atoms with Crippen molar-refractivity contribution >= 4 is 48.9 Å². The number of hydrogen-bond donors (Lipinski definition) is 1. The molecule has 4 aliphatic heterocycles. The van der Waals surface area contributed by atoms with Crippen LogP contribution in [-0.2, 0) is 31.3 Å². The SMILES string of the molecule is C[C@@H]1[C@@H]([Si](C)(C)F)[C@H](CC(=O)N2CCC[C@H]2CO)O[C@@]12C(=O)N(Cc1ccc(N3N=C(c4ccccc4)CCC3=O)cc1)c1ccc([N+](=O)[O-])cc12. The molecule has 0 unspecified atom stereocenters. The molecule has 3 aromatic rings. The number of likely N-dealkylation sites (tertiary alicyclic amines) is 1. The first kappa shape index (κ1) is 35.6. The number of carbonyl (C=O) groups is 3. The summed E-state index contributed by atoms with van der Waals surface area (Å²) in [6.07, 6.45) is 1.14. The molecule has 0 saturated carbocycles. The van der Waals surface area contributed by atoms with Crippen molar-refractivity contribution in [1.82, 2.24) is 4.90 Å². The van der Waals surface area contributed by atoms with Gasteiger partial charge in [-0.2, -0.15) is 5.10 Å². The normalized spacial score (nSPS) is 25.9. The highest BCUT2D eigenvalue weighted by molar-refractivity contribution is 6.72. The van der Waals surface area contributed by atoms with Crippen LogP contribution in [0.3, 0.4) is 0 Å². The summed E-state index contributed by atoms with van der Waals surface area (Å²) in [5.74, 6) is -1.63. The van der Waals surface area contributed by atoms with Crippen molar-refractivity contribution in [3.05, 3.63) is 99.6 Å². The minimum atomic E-state index is -3.61. The van der Waals surface area contributed by atoms with E-state index in [2.05, 4.69) is 5.10 Å². The second-order valence-electron chi connectivity index (χ2n) is 14.7. The quantitative estimate of drug-likeness (QED) is 0.127. The molecule has 52 heavy (non-hydrogen) atoms. The summed E-state index contributed by atoms with van der Waals surface area (Å²) in [5, 5.41) is 27.8. The van der Waals surface area contributed by atoms with E-state index in [1.165, 1.54) is 41.2 Å². The Bertz CT molecular complexity index is 1940. The molecule has 14 heteroatoms. The largest absolute Gasteiger partial charge is 0.394 e. The van der Waals surface area contributed by atoms with Crippen molar-refractivity contribution in [3.63, 3.8) is 0 Å². The summed E-state index contributed by atoms with van der Waals surface area (Å²) in [4.78, 5) is 55.8. The predicted molar refractivity (Wildman–Crippen MR) is 195 cm³/mol. The summed E-state index contributed by atoms with van der Waals surface area (Å²) in [5.41, 5.74) is 0.977. The van der Waals surface area contributed by atoms with E-state index in [0.717, 1.165) is 17.7 Å². The van der Waals surface area contributed by atoms with E-state index in [0.29, 0.717) is 42.7 Å². The lowest BCUT2D eigenvalue weighted by Gasteiger charge is -2.31. The fourth-order valence-electron chi connectivity index (χ4n) is 8.67. The standard InChI is InChI=1S/C38H42FN5O7Si/c1-24-36(52(2,3)39)33(21-35(47)41-19-7-10-29(41)23-45)51-38(24)30-20-28(44(49)50)15-17-32(30)42(37(38)48)22-25-11-13-27(14-12-25)43-34(46)18-16-31(40-43)26-8-5-4-6-9-26/h4-6,8-9,11-15,17,20,24,29,33,36,45H,7,10,16,18-19,21-23H2,1-3H3/t24-,29+,33+,36-,38+/m1/s1. The van der Waals surface area contributed by atoms with Crippen LogP contribution < -0.4 is 9.91 Å². The Balaban J connectivity index is 1.20. The minimum absolute atomic E-state index is 0.0743. The smallest absolute Gasteiger partial charge is 0.269 e. The van der Waals surface area contributed by atoms with Gasteiger partial charge in [0.1, 0.15) is 0 Å². The van der Waals surface area contributed by atoms with E-state index in [4.69, 9.17) is 4.74 Å². The predicted octanol–water partition coefficient (Wildman–Crippen LogP) is 5.82. The fraction of sp³-hybridized carbons (Fsp3) is 0.421. The number of nitrogens with zero attached hydrogens (tertiary/aromatic N) is 5. The number of carbonyl (C=O) groups excluding carboxylic acids is 3. The number of non-ortho nitro benzene ring substituents is 1. The zero-order valence-corrected chi connectivity index (χ0v) is 30.4. The summed E-state index contributed by atoms with van der Waals surface area (Å²) in [7, 11) is -3.61. The lowest BCUT2D eigenvalue weighted by atomic mass is 9.82.